The van der Waals surface area contributed by atoms with E-state index in [2.05, 4.69) is 15.0 Å². The van der Waals surface area contributed by atoms with Crippen LogP contribution < -0.4 is 10.5 Å². The van der Waals surface area contributed by atoms with Gasteiger partial charge in [-0.3, -0.25) is 14.4 Å². The molecule has 6 aromatic rings. The van der Waals surface area contributed by atoms with E-state index >= 15 is 0 Å². The number of imidazole rings is 1. The fourth-order valence-electron chi connectivity index (χ4n) is 4.69. The quantitative estimate of drug-likeness (QED) is 0.331. The van der Waals surface area contributed by atoms with Crippen LogP contribution in [-0.2, 0) is 0 Å². The standard InChI is InChI=1S/C24H7N7O3S/c25-8-14-15(9-26)28-21-19(27-14)29-20-10-3-4-12-18-13(6-5-11(17(10)18)24(34)31(20)21)23(33)30(22(12)32)16-2-1-7-35-16/h1-7H. The van der Waals surface area contributed by atoms with Crippen molar-refractivity contribution in [3.8, 4) is 12.1 Å². The molecule has 0 aliphatic carbocycles. The number of carbonyl (C=O) groups is 2. The van der Waals surface area contributed by atoms with Crippen molar-refractivity contribution in [1.82, 2.24) is 19.4 Å². The number of nitrogens with zero attached hydrogens (tertiary/aromatic N) is 7. The molecule has 1 aliphatic rings. The molecule has 4 aromatic heterocycles. The van der Waals surface area contributed by atoms with Gasteiger partial charge >= 0.3 is 0 Å². The first-order valence-electron chi connectivity index (χ1n) is 10.2. The highest BCUT2D eigenvalue weighted by molar-refractivity contribution is 7.14. The molecule has 11 heteroatoms. The van der Waals surface area contributed by atoms with Gasteiger partial charge in [0, 0.05) is 32.7 Å². The van der Waals surface area contributed by atoms with Crippen molar-refractivity contribution < 1.29 is 9.59 Å². The number of imide groups is 1. The molecule has 0 radical (unpaired) electrons. The van der Waals surface area contributed by atoms with Crippen molar-refractivity contribution in [2.24, 2.45) is 0 Å². The van der Waals surface area contributed by atoms with E-state index in [1.165, 1.54) is 15.7 Å². The number of carbonyl (C=O) groups excluding carboxylic acids is 2. The highest BCUT2D eigenvalue weighted by Crippen LogP contribution is 2.39. The molecule has 0 saturated carbocycles. The number of amides is 2. The molecule has 10 nitrogen and oxygen atoms in total. The van der Waals surface area contributed by atoms with Crippen molar-refractivity contribution in [3.63, 3.8) is 0 Å². The van der Waals surface area contributed by atoms with Gasteiger partial charge in [0.25, 0.3) is 17.4 Å². The summed E-state index contributed by atoms with van der Waals surface area (Å²) in [5, 5.41) is 22.6. The Bertz CT molecular complexity index is 2080. The SMILES string of the molecule is N#Cc1nc2nc3c4ccc5c6c(ccc(c(=O)n3c2nc1C#N)c64)C(=O)N(c1cccs1)C5=O. The van der Waals surface area contributed by atoms with E-state index in [1.807, 2.05) is 12.1 Å². The van der Waals surface area contributed by atoms with Crippen molar-refractivity contribution >= 4 is 66.6 Å². The number of anilines is 1. The van der Waals surface area contributed by atoms with Gasteiger partial charge in [0.15, 0.2) is 28.3 Å². The molecule has 0 unspecified atom stereocenters. The smallest absolute Gasteiger partial charge is 0.266 e. The number of thiophene rings is 1. The van der Waals surface area contributed by atoms with Gasteiger partial charge in [-0.2, -0.15) is 10.5 Å². The number of hydrogen-bond donors (Lipinski definition) is 0. The Kier molecular flexibility index (Phi) is 3.52. The molecule has 0 saturated heterocycles. The lowest BCUT2D eigenvalue weighted by Crippen LogP contribution is -2.40. The zero-order valence-corrected chi connectivity index (χ0v) is 18.1. The number of benzene rings is 2. The first-order valence-corrected chi connectivity index (χ1v) is 11.1. The van der Waals surface area contributed by atoms with Crippen LogP contribution in [0.5, 0.6) is 0 Å². The van der Waals surface area contributed by atoms with Crippen molar-refractivity contribution in [1.29, 1.82) is 10.5 Å². The molecule has 1 aliphatic heterocycles. The number of rotatable bonds is 1. The summed E-state index contributed by atoms with van der Waals surface area (Å²) < 4.78 is 1.24. The Morgan fingerprint density at radius 3 is 2.11 bits per heavy atom. The average molecular weight is 473 g/mol. The van der Waals surface area contributed by atoms with Gasteiger partial charge in [0.2, 0.25) is 0 Å². The van der Waals surface area contributed by atoms with Gasteiger partial charge in [-0.15, -0.1) is 11.3 Å². The van der Waals surface area contributed by atoms with Gasteiger partial charge in [-0.25, -0.2) is 24.3 Å². The second kappa shape index (κ2) is 6.41. The second-order valence-corrected chi connectivity index (χ2v) is 8.76. The average Bonchev–Trinajstić information content (AvgIpc) is 3.53. The third-order valence-electron chi connectivity index (χ3n) is 6.14. The van der Waals surface area contributed by atoms with Gasteiger partial charge in [0.05, 0.1) is 0 Å². The molecular weight excluding hydrogens is 466 g/mol. The first kappa shape index (κ1) is 19.2. The van der Waals surface area contributed by atoms with Crippen LogP contribution in [-0.4, -0.2) is 31.2 Å². The zero-order chi connectivity index (χ0) is 24.0. The predicted octanol–water partition coefficient (Wildman–Crippen LogP) is 2.99. The maximum absolute atomic E-state index is 13.6. The Labute approximate surface area is 197 Å². The molecule has 5 heterocycles. The summed E-state index contributed by atoms with van der Waals surface area (Å²) in [6.45, 7) is 0. The molecule has 2 amide bonds. The minimum Gasteiger partial charge on any atom is -0.268 e. The summed E-state index contributed by atoms with van der Waals surface area (Å²) in [6.07, 6.45) is 0. The molecular formula is C24H7N7O3S. The van der Waals surface area contributed by atoms with Crippen LogP contribution in [0.25, 0.3) is 38.5 Å². The fourth-order valence-corrected chi connectivity index (χ4v) is 5.41. The lowest BCUT2D eigenvalue weighted by molar-refractivity contribution is 0.0894. The molecule has 0 spiro atoms. The van der Waals surface area contributed by atoms with Crippen LogP contribution in [0.3, 0.4) is 0 Å². The predicted molar refractivity (Wildman–Crippen MR) is 126 cm³/mol. The van der Waals surface area contributed by atoms with Crippen LogP contribution in [0, 0.1) is 22.7 Å². The Hall–Kier alpha value is -5.26. The summed E-state index contributed by atoms with van der Waals surface area (Å²) in [5.41, 5.74) is 0.0243. The maximum atomic E-state index is 13.6. The minimum atomic E-state index is -0.484. The highest BCUT2D eigenvalue weighted by atomic mass is 32.1. The third kappa shape index (κ3) is 2.24. The monoisotopic (exact) mass is 473 g/mol. The van der Waals surface area contributed by atoms with Crippen LogP contribution in [0.2, 0.25) is 0 Å². The van der Waals surface area contributed by atoms with Gasteiger partial charge in [-0.1, -0.05) is 0 Å². The molecule has 162 valence electrons. The lowest BCUT2D eigenvalue weighted by Gasteiger charge is -2.26. The van der Waals surface area contributed by atoms with Crippen molar-refractivity contribution in [2.75, 3.05) is 4.90 Å². The Morgan fingerprint density at radius 1 is 0.771 bits per heavy atom. The number of pyridine rings is 1. The molecule has 0 atom stereocenters. The summed E-state index contributed by atoms with van der Waals surface area (Å²) in [7, 11) is 0. The summed E-state index contributed by atoms with van der Waals surface area (Å²) in [4.78, 5) is 54.2. The lowest BCUT2D eigenvalue weighted by atomic mass is 9.90. The highest BCUT2D eigenvalue weighted by Gasteiger charge is 2.36. The fraction of sp³-hybridized carbons (Fsp3) is 0. The molecule has 2 aromatic carbocycles. The topological polar surface area (TPSA) is 145 Å². The third-order valence-corrected chi connectivity index (χ3v) is 6.99. The number of aromatic nitrogens is 4. The van der Waals surface area contributed by atoms with E-state index in [1.54, 1.807) is 41.8 Å². The van der Waals surface area contributed by atoms with Crippen LogP contribution >= 0.6 is 11.3 Å². The summed E-state index contributed by atoms with van der Waals surface area (Å²) in [6, 6.07) is 13.5. The number of nitriles is 2. The molecule has 35 heavy (non-hydrogen) atoms. The second-order valence-electron chi connectivity index (χ2n) is 7.84. The van der Waals surface area contributed by atoms with E-state index in [0.29, 0.717) is 32.3 Å². The van der Waals surface area contributed by atoms with E-state index in [0.717, 1.165) is 4.90 Å². The molecule has 0 N–H and O–H groups in total. The minimum absolute atomic E-state index is 0.0391. The van der Waals surface area contributed by atoms with Crippen LogP contribution in [0.1, 0.15) is 32.1 Å². The van der Waals surface area contributed by atoms with E-state index in [-0.39, 0.29) is 33.7 Å². The van der Waals surface area contributed by atoms with Crippen molar-refractivity contribution in [3.05, 3.63) is 74.6 Å². The van der Waals surface area contributed by atoms with Crippen LogP contribution in [0.15, 0.2) is 46.6 Å². The normalized spacial score (nSPS) is 13.3. The van der Waals surface area contributed by atoms with Crippen LogP contribution in [0.4, 0.5) is 5.00 Å². The van der Waals surface area contributed by atoms with E-state index < -0.39 is 17.4 Å². The molecule has 0 fully saturated rings. The van der Waals surface area contributed by atoms with Gasteiger partial charge in [-0.05, 0) is 41.8 Å². The first-order chi connectivity index (χ1) is 17.0. The zero-order valence-electron chi connectivity index (χ0n) is 17.3. The summed E-state index contributed by atoms with van der Waals surface area (Å²) >= 11 is 1.28. The summed E-state index contributed by atoms with van der Waals surface area (Å²) in [5.74, 6) is -0.943. The largest absolute Gasteiger partial charge is 0.268 e. The molecule has 7 rings (SSSR count). The van der Waals surface area contributed by atoms with Gasteiger partial charge in [0.1, 0.15) is 17.1 Å². The Balaban J connectivity index is 1.64. The number of fused-ring (bicyclic) bond motifs is 4. The number of hydrogen-bond acceptors (Lipinski definition) is 9. The van der Waals surface area contributed by atoms with E-state index in [9.17, 15) is 24.9 Å². The van der Waals surface area contributed by atoms with Crippen molar-refractivity contribution in [2.45, 2.75) is 0 Å². The van der Waals surface area contributed by atoms with E-state index in [4.69, 9.17) is 0 Å². The molecule has 0 bridgehead atoms. The maximum Gasteiger partial charge on any atom is 0.266 e. The van der Waals surface area contributed by atoms with Gasteiger partial charge < -0.3 is 0 Å². The Morgan fingerprint density at radius 2 is 1.46 bits per heavy atom.